The topological polar surface area (TPSA) is 0 Å². The molecule has 0 N–H and O–H groups in total. The van der Waals surface area contributed by atoms with Crippen molar-refractivity contribution in [1.29, 1.82) is 0 Å². The summed E-state index contributed by atoms with van der Waals surface area (Å²) in [6.07, 6.45) is 3.94. The van der Waals surface area contributed by atoms with Gasteiger partial charge in [-0.3, -0.25) is 0 Å². The Kier molecular flexibility index (Phi) is 5.52. The summed E-state index contributed by atoms with van der Waals surface area (Å²) in [4.78, 5) is 0. The second-order valence-electron chi connectivity index (χ2n) is 6.92. The molecule has 25 heavy (non-hydrogen) atoms. The van der Waals surface area contributed by atoms with E-state index in [0.29, 0.717) is 0 Å². The lowest BCUT2D eigenvalue weighted by Gasteiger charge is -2.23. The highest BCUT2D eigenvalue weighted by Gasteiger charge is 2.35. The third-order valence-electron chi connectivity index (χ3n) is 5.20. The highest BCUT2D eigenvalue weighted by atomic mass is 14.4. The minimum Gasteiger partial charge on any atom is -0.0987 e. The fourth-order valence-corrected chi connectivity index (χ4v) is 3.61. The molecule has 2 aromatic carbocycles. The Morgan fingerprint density at radius 2 is 1.40 bits per heavy atom. The van der Waals surface area contributed by atoms with Gasteiger partial charge in [0, 0.05) is 5.41 Å². The standard InChI is InChI=1S/C23H24.C2H6/c1-7-19-20-12-11-18(17-10-9-15(3)16(4)13-17)14-22(20)23(5,6)21(19)8-2;1-2/h7-14H,1-2H2,3-6H3;1-2H3. The van der Waals surface area contributed by atoms with E-state index < -0.39 is 0 Å². The molecule has 0 fully saturated rings. The molecule has 2 aromatic rings. The van der Waals surface area contributed by atoms with Crippen LogP contribution in [0.2, 0.25) is 0 Å². The molecule has 0 bridgehead atoms. The van der Waals surface area contributed by atoms with Gasteiger partial charge in [0.05, 0.1) is 0 Å². The number of hydrogen-bond donors (Lipinski definition) is 0. The average molecular weight is 331 g/mol. The number of rotatable bonds is 3. The molecule has 0 aliphatic heterocycles. The Morgan fingerprint density at radius 1 is 0.800 bits per heavy atom. The molecule has 0 saturated heterocycles. The molecule has 3 rings (SSSR count). The third kappa shape index (κ3) is 3.14. The molecule has 1 aliphatic carbocycles. The predicted octanol–water partition coefficient (Wildman–Crippen LogP) is 7.41. The first-order valence-electron chi connectivity index (χ1n) is 9.12. The van der Waals surface area contributed by atoms with Crippen LogP contribution in [0.3, 0.4) is 0 Å². The zero-order valence-corrected chi connectivity index (χ0v) is 16.5. The van der Waals surface area contributed by atoms with Crippen molar-refractivity contribution in [2.45, 2.75) is 47.0 Å². The largest absolute Gasteiger partial charge is 0.0987 e. The summed E-state index contributed by atoms with van der Waals surface area (Å²) in [5.41, 5.74) is 10.3. The van der Waals surface area contributed by atoms with E-state index in [1.54, 1.807) is 0 Å². The number of hydrogen-bond acceptors (Lipinski definition) is 0. The predicted molar refractivity (Wildman–Crippen MR) is 113 cm³/mol. The van der Waals surface area contributed by atoms with Crippen molar-refractivity contribution >= 4 is 5.57 Å². The van der Waals surface area contributed by atoms with E-state index in [2.05, 4.69) is 77.3 Å². The fourth-order valence-electron chi connectivity index (χ4n) is 3.61. The third-order valence-corrected chi connectivity index (χ3v) is 5.20. The van der Waals surface area contributed by atoms with Crippen LogP contribution in [-0.2, 0) is 5.41 Å². The van der Waals surface area contributed by atoms with Gasteiger partial charge in [0.1, 0.15) is 0 Å². The van der Waals surface area contributed by atoms with E-state index in [4.69, 9.17) is 0 Å². The highest BCUT2D eigenvalue weighted by Crippen LogP contribution is 2.48. The summed E-state index contributed by atoms with van der Waals surface area (Å²) in [5, 5.41) is 0. The van der Waals surface area contributed by atoms with Gasteiger partial charge in [-0.25, -0.2) is 0 Å². The molecule has 0 atom stereocenters. The molecule has 130 valence electrons. The van der Waals surface area contributed by atoms with Crippen molar-refractivity contribution in [3.63, 3.8) is 0 Å². The molecule has 0 heterocycles. The van der Waals surface area contributed by atoms with Gasteiger partial charge in [0.25, 0.3) is 0 Å². The first-order chi connectivity index (χ1) is 11.9. The van der Waals surface area contributed by atoms with Gasteiger partial charge in [0.2, 0.25) is 0 Å². The molecule has 0 nitrogen and oxygen atoms in total. The highest BCUT2D eigenvalue weighted by molar-refractivity contribution is 5.88. The van der Waals surface area contributed by atoms with Crippen LogP contribution < -0.4 is 0 Å². The number of aryl methyl sites for hydroxylation is 2. The molecular weight excluding hydrogens is 300 g/mol. The van der Waals surface area contributed by atoms with Crippen LogP contribution in [0.1, 0.15) is 49.9 Å². The lowest BCUT2D eigenvalue weighted by Crippen LogP contribution is -2.16. The van der Waals surface area contributed by atoms with Crippen molar-refractivity contribution in [2.24, 2.45) is 0 Å². The fraction of sp³-hybridized carbons (Fsp3) is 0.280. The van der Waals surface area contributed by atoms with Crippen molar-refractivity contribution in [3.8, 4) is 11.1 Å². The van der Waals surface area contributed by atoms with E-state index in [1.165, 1.54) is 44.5 Å². The lowest BCUT2D eigenvalue weighted by atomic mass is 9.80. The summed E-state index contributed by atoms with van der Waals surface area (Å²) in [7, 11) is 0. The minimum absolute atomic E-state index is 0.0314. The Labute approximate surface area is 153 Å². The van der Waals surface area contributed by atoms with Crippen molar-refractivity contribution in [2.75, 3.05) is 0 Å². The molecule has 0 amide bonds. The maximum Gasteiger partial charge on any atom is 0.0158 e. The van der Waals surface area contributed by atoms with Crippen LogP contribution in [0.25, 0.3) is 16.7 Å². The molecule has 0 saturated carbocycles. The van der Waals surface area contributed by atoms with Crippen molar-refractivity contribution in [1.82, 2.24) is 0 Å². The SMILES string of the molecule is C=CC1=C(C=C)C(C)(C)c2cc(-c3ccc(C)c(C)c3)ccc21.CC. The Balaban J connectivity index is 0.00000109. The van der Waals surface area contributed by atoms with Gasteiger partial charge in [-0.15, -0.1) is 0 Å². The van der Waals surface area contributed by atoms with E-state index >= 15 is 0 Å². The molecule has 0 radical (unpaired) electrons. The summed E-state index contributed by atoms with van der Waals surface area (Å²) in [6.45, 7) is 20.9. The van der Waals surface area contributed by atoms with Gasteiger partial charge >= 0.3 is 0 Å². The van der Waals surface area contributed by atoms with Crippen molar-refractivity contribution < 1.29 is 0 Å². The summed E-state index contributed by atoms with van der Waals surface area (Å²) in [6, 6.07) is 13.5. The van der Waals surface area contributed by atoms with E-state index in [9.17, 15) is 0 Å². The summed E-state index contributed by atoms with van der Waals surface area (Å²) in [5.74, 6) is 0. The first kappa shape index (κ1) is 19.0. The Hall–Kier alpha value is -2.34. The van der Waals surface area contributed by atoms with Gasteiger partial charge in [-0.1, -0.05) is 83.3 Å². The van der Waals surface area contributed by atoms with Crippen LogP contribution >= 0.6 is 0 Å². The second kappa shape index (κ2) is 7.27. The quantitative estimate of drug-likeness (QED) is 0.549. The monoisotopic (exact) mass is 330 g/mol. The van der Waals surface area contributed by atoms with E-state index in [-0.39, 0.29) is 5.41 Å². The summed E-state index contributed by atoms with van der Waals surface area (Å²) >= 11 is 0. The van der Waals surface area contributed by atoms with Crippen LogP contribution in [0.15, 0.2) is 67.3 Å². The van der Waals surface area contributed by atoms with E-state index in [0.717, 1.165) is 0 Å². The Morgan fingerprint density at radius 3 is 1.96 bits per heavy atom. The molecule has 1 aliphatic rings. The zero-order chi connectivity index (χ0) is 18.8. The smallest absolute Gasteiger partial charge is 0.0158 e. The molecule has 0 spiro atoms. The minimum atomic E-state index is -0.0314. The normalized spacial score (nSPS) is 14.5. The lowest BCUT2D eigenvalue weighted by molar-refractivity contribution is 0.655. The number of benzene rings is 2. The maximum atomic E-state index is 4.02. The van der Waals surface area contributed by atoms with Crippen LogP contribution in [-0.4, -0.2) is 0 Å². The van der Waals surface area contributed by atoms with Gasteiger partial charge < -0.3 is 0 Å². The first-order valence-corrected chi connectivity index (χ1v) is 9.12. The van der Waals surface area contributed by atoms with Crippen LogP contribution in [0.5, 0.6) is 0 Å². The molecule has 0 unspecified atom stereocenters. The second-order valence-corrected chi connectivity index (χ2v) is 6.92. The van der Waals surface area contributed by atoms with Gasteiger partial charge in [-0.2, -0.15) is 0 Å². The van der Waals surface area contributed by atoms with E-state index in [1.807, 2.05) is 26.0 Å². The number of allylic oxidation sites excluding steroid dienone is 4. The molecule has 0 heteroatoms. The Bertz CT molecular complexity index is 844. The van der Waals surface area contributed by atoms with Gasteiger partial charge in [0.15, 0.2) is 0 Å². The molecule has 0 aromatic heterocycles. The summed E-state index contributed by atoms with van der Waals surface area (Å²) < 4.78 is 0. The van der Waals surface area contributed by atoms with Crippen LogP contribution in [0.4, 0.5) is 0 Å². The van der Waals surface area contributed by atoms with Crippen LogP contribution in [0, 0.1) is 13.8 Å². The zero-order valence-electron chi connectivity index (χ0n) is 16.5. The van der Waals surface area contributed by atoms with Gasteiger partial charge in [-0.05, 0) is 64.4 Å². The molecular formula is C25H30. The number of fused-ring (bicyclic) bond motifs is 1. The van der Waals surface area contributed by atoms with Crippen molar-refractivity contribution in [3.05, 3.63) is 89.5 Å². The maximum absolute atomic E-state index is 4.02. The average Bonchev–Trinajstić information content (AvgIpc) is 2.84.